The minimum absolute atomic E-state index is 0.0426. The summed E-state index contributed by atoms with van der Waals surface area (Å²) in [4.78, 5) is 21.0. The summed E-state index contributed by atoms with van der Waals surface area (Å²) in [5, 5.41) is 7.69. The number of carbonyl (C=O) groups excluding carboxylic acids is 1. The third-order valence-electron chi connectivity index (χ3n) is 5.27. The SMILES string of the molecule is CCOc1cccc(C(=O)NC2CCC(n3cc(-c4cnccn4)cn3)CC2)c1. The second-order valence-electron chi connectivity index (χ2n) is 7.24. The van der Waals surface area contributed by atoms with Crippen LogP contribution in [0.25, 0.3) is 11.3 Å². The molecule has 0 saturated heterocycles. The van der Waals surface area contributed by atoms with E-state index in [-0.39, 0.29) is 11.9 Å². The molecule has 1 N–H and O–H groups in total. The van der Waals surface area contributed by atoms with Crippen LogP contribution in [0.15, 0.2) is 55.2 Å². The van der Waals surface area contributed by atoms with Gasteiger partial charge in [-0.2, -0.15) is 5.10 Å². The summed E-state index contributed by atoms with van der Waals surface area (Å²) in [6, 6.07) is 7.86. The Labute approximate surface area is 170 Å². The van der Waals surface area contributed by atoms with Gasteiger partial charge in [-0.3, -0.25) is 19.4 Å². The van der Waals surface area contributed by atoms with Gasteiger partial charge in [-0.05, 0) is 50.8 Å². The molecule has 0 bridgehead atoms. The molecule has 1 fully saturated rings. The normalized spacial score (nSPS) is 18.9. The molecule has 1 aliphatic carbocycles. The molecule has 1 amide bonds. The Hall–Kier alpha value is -3.22. The van der Waals surface area contributed by atoms with Gasteiger partial charge < -0.3 is 10.1 Å². The number of rotatable bonds is 6. The Balaban J connectivity index is 1.32. The predicted octanol–water partition coefficient (Wildman–Crippen LogP) is 3.65. The fourth-order valence-electron chi connectivity index (χ4n) is 3.77. The topological polar surface area (TPSA) is 81.9 Å². The number of carbonyl (C=O) groups is 1. The molecule has 0 aliphatic heterocycles. The van der Waals surface area contributed by atoms with Crippen molar-refractivity contribution in [2.75, 3.05) is 6.61 Å². The summed E-state index contributed by atoms with van der Waals surface area (Å²) in [5.74, 6) is 0.681. The maximum absolute atomic E-state index is 12.6. The van der Waals surface area contributed by atoms with E-state index in [1.807, 2.05) is 42.2 Å². The minimum Gasteiger partial charge on any atom is -0.494 e. The monoisotopic (exact) mass is 391 g/mol. The van der Waals surface area contributed by atoms with Crippen LogP contribution >= 0.6 is 0 Å². The average molecular weight is 391 g/mol. The van der Waals surface area contributed by atoms with Crippen LogP contribution in [0, 0.1) is 0 Å². The average Bonchev–Trinajstić information content (AvgIpc) is 3.26. The first-order chi connectivity index (χ1) is 14.2. The zero-order chi connectivity index (χ0) is 20.1. The second kappa shape index (κ2) is 8.86. The number of ether oxygens (including phenoxy) is 1. The quantitative estimate of drug-likeness (QED) is 0.694. The summed E-state index contributed by atoms with van der Waals surface area (Å²) in [6.07, 6.45) is 12.8. The lowest BCUT2D eigenvalue weighted by molar-refractivity contribution is 0.0921. The maximum Gasteiger partial charge on any atom is 0.251 e. The molecule has 0 unspecified atom stereocenters. The van der Waals surface area contributed by atoms with Crippen LogP contribution in [-0.4, -0.2) is 38.3 Å². The summed E-state index contributed by atoms with van der Waals surface area (Å²) >= 11 is 0. The number of benzene rings is 1. The molecule has 7 heteroatoms. The van der Waals surface area contributed by atoms with Crippen LogP contribution in [-0.2, 0) is 0 Å². The molecule has 2 aromatic heterocycles. The molecule has 0 atom stereocenters. The van der Waals surface area contributed by atoms with Gasteiger partial charge in [0.15, 0.2) is 0 Å². The van der Waals surface area contributed by atoms with Crippen molar-refractivity contribution in [3.8, 4) is 17.0 Å². The molecule has 1 aromatic carbocycles. The molecule has 150 valence electrons. The van der Waals surface area contributed by atoms with Crippen molar-refractivity contribution in [3.63, 3.8) is 0 Å². The molecule has 3 aromatic rings. The molecule has 2 heterocycles. The second-order valence-corrected chi connectivity index (χ2v) is 7.24. The lowest BCUT2D eigenvalue weighted by Gasteiger charge is -2.29. The minimum atomic E-state index is -0.0426. The van der Waals surface area contributed by atoms with E-state index in [9.17, 15) is 4.79 Å². The van der Waals surface area contributed by atoms with E-state index in [2.05, 4.69) is 20.4 Å². The number of aromatic nitrogens is 4. The van der Waals surface area contributed by atoms with Crippen molar-refractivity contribution in [2.24, 2.45) is 0 Å². The van der Waals surface area contributed by atoms with Gasteiger partial charge in [-0.1, -0.05) is 6.07 Å². The van der Waals surface area contributed by atoms with Crippen molar-refractivity contribution < 1.29 is 9.53 Å². The highest BCUT2D eigenvalue weighted by atomic mass is 16.5. The highest BCUT2D eigenvalue weighted by Crippen LogP contribution is 2.29. The van der Waals surface area contributed by atoms with Crippen molar-refractivity contribution in [2.45, 2.75) is 44.7 Å². The molecule has 1 aliphatic rings. The third kappa shape index (κ3) is 4.62. The van der Waals surface area contributed by atoms with Crippen LogP contribution < -0.4 is 10.1 Å². The van der Waals surface area contributed by atoms with E-state index in [1.165, 1.54) is 0 Å². The molecule has 4 rings (SSSR count). The number of hydrogen-bond donors (Lipinski definition) is 1. The highest BCUT2D eigenvalue weighted by molar-refractivity contribution is 5.94. The first-order valence-corrected chi connectivity index (χ1v) is 10.1. The Kier molecular flexibility index (Phi) is 5.84. The number of amides is 1. The van der Waals surface area contributed by atoms with Gasteiger partial charge in [0.05, 0.1) is 30.7 Å². The zero-order valence-corrected chi connectivity index (χ0v) is 16.5. The van der Waals surface area contributed by atoms with E-state index in [0.29, 0.717) is 18.2 Å². The number of nitrogens with one attached hydrogen (secondary N) is 1. The van der Waals surface area contributed by atoms with Gasteiger partial charge in [-0.15, -0.1) is 0 Å². The van der Waals surface area contributed by atoms with Crippen molar-refractivity contribution in [1.82, 2.24) is 25.1 Å². The van der Waals surface area contributed by atoms with Crippen LogP contribution in [0.3, 0.4) is 0 Å². The molecule has 29 heavy (non-hydrogen) atoms. The van der Waals surface area contributed by atoms with Crippen molar-refractivity contribution >= 4 is 5.91 Å². The van der Waals surface area contributed by atoms with E-state index >= 15 is 0 Å². The zero-order valence-electron chi connectivity index (χ0n) is 16.5. The number of nitrogens with zero attached hydrogens (tertiary/aromatic N) is 4. The van der Waals surface area contributed by atoms with E-state index in [1.54, 1.807) is 24.7 Å². The highest BCUT2D eigenvalue weighted by Gasteiger charge is 2.24. The largest absolute Gasteiger partial charge is 0.494 e. The Morgan fingerprint density at radius 2 is 2.07 bits per heavy atom. The van der Waals surface area contributed by atoms with Crippen LogP contribution in [0.1, 0.15) is 49.0 Å². The lowest BCUT2D eigenvalue weighted by Crippen LogP contribution is -2.38. The molecule has 0 spiro atoms. The smallest absolute Gasteiger partial charge is 0.251 e. The summed E-state index contributed by atoms with van der Waals surface area (Å²) in [5.41, 5.74) is 2.44. The van der Waals surface area contributed by atoms with Gasteiger partial charge >= 0.3 is 0 Å². The first-order valence-electron chi connectivity index (χ1n) is 10.1. The number of hydrogen-bond acceptors (Lipinski definition) is 5. The van der Waals surface area contributed by atoms with Crippen LogP contribution in [0.5, 0.6) is 5.75 Å². The van der Waals surface area contributed by atoms with Crippen molar-refractivity contribution in [3.05, 3.63) is 60.8 Å². The van der Waals surface area contributed by atoms with Gasteiger partial charge in [-0.25, -0.2) is 0 Å². The Morgan fingerprint density at radius 1 is 1.21 bits per heavy atom. The molecular weight excluding hydrogens is 366 g/mol. The molecular formula is C22H25N5O2. The summed E-state index contributed by atoms with van der Waals surface area (Å²) in [7, 11) is 0. The molecule has 7 nitrogen and oxygen atoms in total. The first kappa shape index (κ1) is 19.1. The Morgan fingerprint density at radius 3 is 2.83 bits per heavy atom. The molecule has 0 radical (unpaired) electrons. The third-order valence-corrected chi connectivity index (χ3v) is 5.27. The summed E-state index contributed by atoms with van der Waals surface area (Å²) < 4.78 is 7.51. The van der Waals surface area contributed by atoms with Crippen molar-refractivity contribution in [1.29, 1.82) is 0 Å². The standard InChI is InChI=1S/C22H25N5O2/c1-2-29-20-5-3-4-16(12-20)22(28)26-18-6-8-19(9-7-18)27-15-17(13-25-27)21-14-23-10-11-24-21/h3-5,10-15,18-19H,2,6-9H2,1H3,(H,26,28). The fourth-order valence-corrected chi connectivity index (χ4v) is 3.77. The van der Waals surface area contributed by atoms with E-state index in [0.717, 1.165) is 42.7 Å². The predicted molar refractivity (Wildman–Crippen MR) is 110 cm³/mol. The van der Waals surface area contributed by atoms with Gasteiger partial charge in [0, 0.05) is 35.8 Å². The van der Waals surface area contributed by atoms with Gasteiger partial charge in [0.25, 0.3) is 5.91 Å². The fraction of sp³-hybridized carbons (Fsp3) is 0.364. The lowest BCUT2D eigenvalue weighted by atomic mass is 9.91. The van der Waals surface area contributed by atoms with E-state index in [4.69, 9.17) is 4.74 Å². The molecule has 1 saturated carbocycles. The van der Waals surface area contributed by atoms with Crippen LogP contribution in [0.4, 0.5) is 0 Å². The maximum atomic E-state index is 12.6. The van der Waals surface area contributed by atoms with E-state index < -0.39 is 0 Å². The van der Waals surface area contributed by atoms with Gasteiger partial charge in [0.2, 0.25) is 0 Å². The summed E-state index contributed by atoms with van der Waals surface area (Å²) in [6.45, 7) is 2.52. The van der Waals surface area contributed by atoms with Crippen LogP contribution in [0.2, 0.25) is 0 Å². The Bertz CT molecular complexity index is 949. The van der Waals surface area contributed by atoms with Gasteiger partial charge in [0.1, 0.15) is 5.75 Å².